The highest BCUT2D eigenvalue weighted by Crippen LogP contribution is 2.25. The molecule has 0 radical (unpaired) electrons. The molecule has 0 amide bonds. The highest BCUT2D eigenvalue weighted by Gasteiger charge is 2.13. The lowest BCUT2D eigenvalue weighted by Gasteiger charge is -2.14. The fourth-order valence-corrected chi connectivity index (χ4v) is 2.76. The molecule has 2 heterocycles. The van der Waals surface area contributed by atoms with Gasteiger partial charge in [-0.3, -0.25) is 0 Å². The van der Waals surface area contributed by atoms with E-state index < -0.39 is 0 Å². The molecule has 0 aliphatic heterocycles. The molecule has 1 aliphatic rings. The first-order chi connectivity index (χ1) is 7.83. The number of hydrogen-bond donors (Lipinski definition) is 0. The molecule has 0 N–H and O–H groups in total. The zero-order valence-electron chi connectivity index (χ0n) is 9.23. The molecule has 4 heteroatoms. The van der Waals surface area contributed by atoms with Gasteiger partial charge in [-0.15, -0.1) is 10.2 Å². The summed E-state index contributed by atoms with van der Waals surface area (Å²) >= 11 is 1.61. The van der Waals surface area contributed by atoms with Crippen LogP contribution in [0, 0.1) is 6.92 Å². The lowest BCUT2D eigenvalue weighted by atomic mass is 9.96. The van der Waals surface area contributed by atoms with Crippen molar-refractivity contribution in [3.63, 3.8) is 0 Å². The van der Waals surface area contributed by atoms with Gasteiger partial charge in [0, 0.05) is 5.69 Å². The minimum atomic E-state index is 0.936. The quantitative estimate of drug-likeness (QED) is 0.757. The van der Waals surface area contributed by atoms with Gasteiger partial charge in [0.15, 0.2) is 5.01 Å². The molecule has 82 valence electrons. The van der Waals surface area contributed by atoms with Crippen LogP contribution in [-0.2, 0) is 12.8 Å². The summed E-state index contributed by atoms with van der Waals surface area (Å²) in [6, 6.07) is 4.28. The van der Waals surface area contributed by atoms with Gasteiger partial charge < -0.3 is 0 Å². The molecule has 0 fully saturated rings. The van der Waals surface area contributed by atoms with Gasteiger partial charge in [-0.05, 0) is 44.2 Å². The Balaban J connectivity index is 2.02. The molecular weight excluding hydrogens is 218 g/mol. The third kappa shape index (κ3) is 1.73. The van der Waals surface area contributed by atoms with Crippen LogP contribution in [0.4, 0.5) is 0 Å². The van der Waals surface area contributed by atoms with Gasteiger partial charge in [0.2, 0.25) is 0 Å². The van der Waals surface area contributed by atoms with E-state index in [1.807, 2.05) is 6.92 Å². The van der Waals surface area contributed by atoms with Crippen LogP contribution < -0.4 is 0 Å². The summed E-state index contributed by atoms with van der Waals surface area (Å²) in [4.78, 5) is 4.70. The van der Waals surface area contributed by atoms with E-state index in [9.17, 15) is 0 Å². The van der Waals surface area contributed by atoms with Crippen molar-refractivity contribution in [2.75, 3.05) is 0 Å². The molecule has 0 unspecified atom stereocenters. The van der Waals surface area contributed by atoms with Gasteiger partial charge in [-0.1, -0.05) is 17.4 Å². The number of fused-ring (bicyclic) bond motifs is 1. The fraction of sp³-hybridized carbons (Fsp3) is 0.417. The van der Waals surface area contributed by atoms with E-state index in [2.05, 4.69) is 22.3 Å². The van der Waals surface area contributed by atoms with E-state index >= 15 is 0 Å². The molecule has 0 spiro atoms. The van der Waals surface area contributed by atoms with E-state index in [4.69, 9.17) is 4.98 Å². The smallest absolute Gasteiger partial charge is 0.166 e. The highest BCUT2D eigenvalue weighted by molar-refractivity contribution is 7.14. The van der Waals surface area contributed by atoms with Crippen LogP contribution in [0.1, 0.15) is 29.1 Å². The van der Waals surface area contributed by atoms with Gasteiger partial charge in [0.05, 0.1) is 0 Å². The minimum Gasteiger partial charge on any atom is -0.250 e. The number of nitrogens with zero attached hydrogens (tertiary/aromatic N) is 3. The Bertz CT molecular complexity index is 519. The molecule has 3 rings (SSSR count). The van der Waals surface area contributed by atoms with E-state index in [0.29, 0.717) is 0 Å². The summed E-state index contributed by atoms with van der Waals surface area (Å²) in [7, 11) is 0. The molecule has 0 atom stereocenters. The summed E-state index contributed by atoms with van der Waals surface area (Å²) in [6.45, 7) is 1.97. The second-order valence-corrected chi connectivity index (χ2v) is 5.32. The topological polar surface area (TPSA) is 38.7 Å². The highest BCUT2D eigenvalue weighted by atomic mass is 32.1. The Morgan fingerprint density at radius 2 is 2.00 bits per heavy atom. The standard InChI is InChI=1S/C12H13N3S/c1-8-14-15-12(16-8)11-7-6-9-4-2-3-5-10(9)13-11/h6-7H,2-5H2,1H3. The molecule has 0 aromatic carbocycles. The predicted molar refractivity (Wildman–Crippen MR) is 64.5 cm³/mol. The van der Waals surface area contributed by atoms with Crippen molar-refractivity contribution in [1.82, 2.24) is 15.2 Å². The van der Waals surface area contributed by atoms with Crippen molar-refractivity contribution >= 4 is 11.3 Å². The summed E-state index contributed by atoms with van der Waals surface area (Å²) in [5.74, 6) is 0. The van der Waals surface area contributed by atoms with Crippen molar-refractivity contribution < 1.29 is 0 Å². The first kappa shape index (κ1) is 9.90. The maximum atomic E-state index is 4.70. The molecule has 1 aliphatic carbocycles. The monoisotopic (exact) mass is 231 g/mol. The molecule has 16 heavy (non-hydrogen) atoms. The average molecular weight is 231 g/mol. The number of pyridine rings is 1. The maximum absolute atomic E-state index is 4.70. The Morgan fingerprint density at radius 1 is 1.12 bits per heavy atom. The second kappa shape index (κ2) is 3.94. The number of hydrogen-bond acceptors (Lipinski definition) is 4. The average Bonchev–Trinajstić information content (AvgIpc) is 2.75. The van der Waals surface area contributed by atoms with Crippen LogP contribution in [0.2, 0.25) is 0 Å². The summed E-state index contributed by atoms with van der Waals surface area (Å²) in [5, 5.41) is 10.1. The van der Waals surface area contributed by atoms with Crippen molar-refractivity contribution in [2.24, 2.45) is 0 Å². The molecule has 0 saturated heterocycles. The van der Waals surface area contributed by atoms with Gasteiger partial charge in [0.1, 0.15) is 10.7 Å². The molecular formula is C12H13N3S. The summed E-state index contributed by atoms with van der Waals surface area (Å²) < 4.78 is 0. The SMILES string of the molecule is Cc1nnc(-c2ccc3c(n2)CCCC3)s1. The minimum absolute atomic E-state index is 0.936. The first-order valence-corrected chi connectivity index (χ1v) is 6.44. The number of rotatable bonds is 1. The lowest BCUT2D eigenvalue weighted by Crippen LogP contribution is -2.05. The van der Waals surface area contributed by atoms with Gasteiger partial charge in [-0.25, -0.2) is 4.98 Å². The maximum Gasteiger partial charge on any atom is 0.166 e. The van der Waals surface area contributed by atoms with Crippen LogP contribution in [-0.4, -0.2) is 15.2 Å². The summed E-state index contributed by atoms with van der Waals surface area (Å²) in [5.41, 5.74) is 3.65. The largest absolute Gasteiger partial charge is 0.250 e. The Hall–Kier alpha value is -1.29. The van der Waals surface area contributed by atoms with Crippen LogP contribution in [0.25, 0.3) is 10.7 Å². The fourth-order valence-electron chi connectivity index (χ4n) is 2.10. The van der Waals surface area contributed by atoms with E-state index in [1.54, 1.807) is 11.3 Å². The van der Waals surface area contributed by atoms with Crippen molar-refractivity contribution in [1.29, 1.82) is 0 Å². The first-order valence-electron chi connectivity index (χ1n) is 5.62. The molecule has 2 aromatic heterocycles. The molecule has 0 saturated carbocycles. The van der Waals surface area contributed by atoms with Crippen molar-refractivity contribution in [3.05, 3.63) is 28.4 Å². The lowest BCUT2D eigenvalue weighted by molar-refractivity contribution is 0.668. The van der Waals surface area contributed by atoms with Gasteiger partial charge in [0.25, 0.3) is 0 Å². The van der Waals surface area contributed by atoms with Crippen molar-refractivity contribution in [3.8, 4) is 10.7 Å². The van der Waals surface area contributed by atoms with Crippen LogP contribution in [0.3, 0.4) is 0 Å². The Morgan fingerprint density at radius 3 is 2.81 bits per heavy atom. The van der Waals surface area contributed by atoms with Gasteiger partial charge in [-0.2, -0.15) is 0 Å². The zero-order valence-corrected chi connectivity index (χ0v) is 10.0. The van der Waals surface area contributed by atoms with Gasteiger partial charge >= 0.3 is 0 Å². The van der Waals surface area contributed by atoms with E-state index in [1.165, 1.54) is 30.5 Å². The molecule has 0 bridgehead atoms. The molecule has 3 nitrogen and oxygen atoms in total. The van der Waals surface area contributed by atoms with Crippen LogP contribution in [0.15, 0.2) is 12.1 Å². The van der Waals surface area contributed by atoms with E-state index in [-0.39, 0.29) is 0 Å². The normalized spacial score (nSPS) is 14.8. The van der Waals surface area contributed by atoms with Crippen LogP contribution >= 0.6 is 11.3 Å². The summed E-state index contributed by atoms with van der Waals surface area (Å²) in [6.07, 6.45) is 4.85. The van der Waals surface area contributed by atoms with Crippen molar-refractivity contribution in [2.45, 2.75) is 32.6 Å². The third-order valence-electron chi connectivity index (χ3n) is 2.92. The third-order valence-corrected chi connectivity index (χ3v) is 3.78. The predicted octanol–water partition coefficient (Wildman–Crippen LogP) is 2.79. The Labute approximate surface area is 98.6 Å². The molecule has 2 aromatic rings. The second-order valence-electron chi connectivity index (χ2n) is 4.14. The van der Waals surface area contributed by atoms with Crippen LogP contribution in [0.5, 0.6) is 0 Å². The Kier molecular flexibility index (Phi) is 2.44. The van der Waals surface area contributed by atoms with E-state index in [0.717, 1.165) is 22.1 Å². The number of aromatic nitrogens is 3. The zero-order chi connectivity index (χ0) is 11.0. The number of aryl methyl sites for hydroxylation is 3.